The van der Waals surface area contributed by atoms with Gasteiger partial charge in [-0.3, -0.25) is 4.79 Å². The number of carbonyl (C=O) groups is 1. The second-order valence-electron chi connectivity index (χ2n) is 6.54. The summed E-state index contributed by atoms with van der Waals surface area (Å²) in [5, 5.41) is 0. The molecule has 0 aliphatic carbocycles. The molecule has 0 radical (unpaired) electrons. The first-order chi connectivity index (χ1) is 11.7. The average Bonchev–Trinajstić information content (AvgIpc) is 2.59. The van der Waals surface area contributed by atoms with E-state index in [0.29, 0.717) is 12.4 Å². The van der Waals surface area contributed by atoms with Gasteiger partial charge in [0.15, 0.2) is 0 Å². The quantitative estimate of drug-likeness (QED) is 0.258. The Balaban J connectivity index is 1.87. The van der Waals surface area contributed by atoms with Crippen molar-refractivity contribution in [3.63, 3.8) is 0 Å². The van der Waals surface area contributed by atoms with Crippen molar-refractivity contribution >= 4 is 6.04 Å². The van der Waals surface area contributed by atoms with E-state index in [-0.39, 0.29) is 5.56 Å². The molecule has 0 heterocycles. The van der Waals surface area contributed by atoms with Gasteiger partial charge < -0.3 is 4.74 Å². The molecule has 0 aliphatic heterocycles. The van der Waals surface area contributed by atoms with Gasteiger partial charge in [-0.2, -0.15) is 4.39 Å². The Morgan fingerprint density at radius 3 is 1.71 bits per heavy atom. The molecule has 0 N–H and O–H groups in total. The molecule has 0 aromatic heterocycles. The molecule has 0 spiro atoms. The Bertz CT molecular complexity index is 428. The highest BCUT2D eigenvalue weighted by Crippen LogP contribution is 2.15. The van der Waals surface area contributed by atoms with Crippen molar-refractivity contribution < 1.29 is 13.9 Å². The van der Waals surface area contributed by atoms with Crippen LogP contribution in [0, 0.1) is 0 Å². The Morgan fingerprint density at radius 2 is 1.25 bits per heavy atom. The van der Waals surface area contributed by atoms with Gasteiger partial charge in [0.2, 0.25) is 0 Å². The third-order valence-corrected chi connectivity index (χ3v) is 4.35. The predicted molar refractivity (Wildman–Crippen MR) is 98.5 cm³/mol. The van der Waals surface area contributed by atoms with Crippen LogP contribution < -0.4 is 4.74 Å². The maximum absolute atomic E-state index is 12.5. The Morgan fingerprint density at radius 1 is 0.792 bits per heavy atom. The molecular weight excluding hydrogens is 303 g/mol. The van der Waals surface area contributed by atoms with Crippen LogP contribution in [0.2, 0.25) is 0 Å². The molecule has 24 heavy (non-hydrogen) atoms. The largest absolute Gasteiger partial charge is 0.494 e. The van der Waals surface area contributed by atoms with E-state index in [4.69, 9.17) is 4.74 Å². The van der Waals surface area contributed by atoms with E-state index in [1.165, 1.54) is 82.8 Å². The molecule has 0 saturated carbocycles. The van der Waals surface area contributed by atoms with Gasteiger partial charge in [0, 0.05) is 0 Å². The van der Waals surface area contributed by atoms with Crippen molar-refractivity contribution in [2.75, 3.05) is 6.61 Å². The average molecular weight is 336 g/mol. The molecule has 0 bridgehead atoms. The highest BCUT2D eigenvalue weighted by Gasteiger charge is 2.02. The second kappa shape index (κ2) is 14.0. The molecule has 1 aromatic carbocycles. The van der Waals surface area contributed by atoms with Gasteiger partial charge in [-0.05, 0) is 30.7 Å². The predicted octanol–water partition coefficient (Wildman–Crippen LogP) is 6.88. The lowest BCUT2D eigenvalue weighted by Crippen LogP contribution is -1.98. The zero-order chi connectivity index (χ0) is 17.5. The molecule has 1 rings (SSSR count). The van der Waals surface area contributed by atoms with Crippen molar-refractivity contribution in [2.45, 2.75) is 84.0 Å². The lowest BCUT2D eigenvalue weighted by Gasteiger charge is -2.06. The van der Waals surface area contributed by atoms with Crippen LogP contribution in [0.15, 0.2) is 24.3 Å². The Hall–Kier alpha value is -1.38. The van der Waals surface area contributed by atoms with Crippen molar-refractivity contribution in [3.8, 4) is 5.75 Å². The first-order valence-electron chi connectivity index (χ1n) is 9.66. The molecule has 1 aromatic rings. The minimum absolute atomic E-state index is 0.0766. The summed E-state index contributed by atoms with van der Waals surface area (Å²) in [7, 11) is 0. The topological polar surface area (TPSA) is 26.3 Å². The number of hydrogen-bond donors (Lipinski definition) is 0. The van der Waals surface area contributed by atoms with Crippen LogP contribution in [-0.2, 0) is 0 Å². The summed E-state index contributed by atoms with van der Waals surface area (Å²) in [4.78, 5) is 10.5. The zero-order valence-corrected chi connectivity index (χ0v) is 15.2. The smallest absolute Gasteiger partial charge is 0.332 e. The molecule has 136 valence electrons. The summed E-state index contributed by atoms with van der Waals surface area (Å²) < 4.78 is 18.1. The fourth-order valence-electron chi connectivity index (χ4n) is 2.82. The Kier molecular flexibility index (Phi) is 12.1. The number of carbonyl (C=O) groups excluding carboxylic acids is 1. The third-order valence-electron chi connectivity index (χ3n) is 4.35. The van der Waals surface area contributed by atoms with E-state index in [9.17, 15) is 9.18 Å². The number of halogens is 1. The first kappa shape index (κ1) is 20.7. The molecule has 0 atom stereocenters. The standard InChI is InChI=1S/C21H33FO2/c1-2-3-4-5-6-7-8-9-10-11-12-13-18-24-20-16-14-19(15-17-20)21(22)23/h14-17H,2-13,18H2,1H3. The maximum atomic E-state index is 12.5. The second-order valence-corrected chi connectivity index (χ2v) is 6.54. The van der Waals surface area contributed by atoms with Crippen LogP contribution in [0.1, 0.15) is 94.3 Å². The summed E-state index contributed by atoms with van der Waals surface area (Å²) in [6.07, 6.45) is 15.9. The number of ether oxygens (including phenoxy) is 1. The van der Waals surface area contributed by atoms with Crippen molar-refractivity contribution in [2.24, 2.45) is 0 Å². The molecule has 0 saturated heterocycles. The van der Waals surface area contributed by atoms with E-state index < -0.39 is 6.04 Å². The fourth-order valence-corrected chi connectivity index (χ4v) is 2.82. The lowest BCUT2D eigenvalue weighted by atomic mass is 10.1. The van der Waals surface area contributed by atoms with Gasteiger partial charge in [-0.1, -0.05) is 77.6 Å². The summed E-state index contributed by atoms with van der Waals surface area (Å²) in [6.45, 7) is 2.94. The summed E-state index contributed by atoms with van der Waals surface area (Å²) in [5.74, 6) is 0.697. The van der Waals surface area contributed by atoms with Gasteiger partial charge in [-0.15, -0.1) is 0 Å². The molecule has 0 amide bonds. The van der Waals surface area contributed by atoms with E-state index in [1.807, 2.05) is 0 Å². The molecule has 0 aliphatic rings. The Labute approximate surface area is 146 Å². The minimum atomic E-state index is -1.40. The first-order valence-corrected chi connectivity index (χ1v) is 9.66. The van der Waals surface area contributed by atoms with Gasteiger partial charge in [-0.25, -0.2) is 0 Å². The molecule has 2 nitrogen and oxygen atoms in total. The van der Waals surface area contributed by atoms with E-state index in [0.717, 1.165) is 6.42 Å². The number of rotatable bonds is 15. The van der Waals surface area contributed by atoms with Crippen LogP contribution in [0.4, 0.5) is 4.39 Å². The molecular formula is C21H33FO2. The van der Waals surface area contributed by atoms with Gasteiger partial charge in [0.05, 0.1) is 12.2 Å². The van der Waals surface area contributed by atoms with Crippen LogP contribution in [-0.4, -0.2) is 12.6 Å². The minimum Gasteiger partial charge on any atom is -0.494 e. The van der Waals surface area contributed by atoms with E-state index >= 15 is 0 Å². The van der Waals surface area contributed by atoms with Crippen molar-refractivity contribution in [3.05, 3.63) is 29.8 Å². The van der Waals surface area contributed by atoms with Crippen LogP contribution in [0.3, 0.4) is 0 Å². The normalized spacial score (nSPS) is 10.8. The summed E-state index contributed by atoms with van der Waals surface area (Å²) in [5.41, 5.74) is 0.0766. The van der Waals surface area contributed by atoms with Crippen molar-refractivity contribution in [1.82, 2.24) is 0 Å². The number of unbranched alkanes of at least 4 members (excludes halogenated alkanes) is 11. The number of benzene rings is 1. The van der Waals surface area contributed by atoms with Gasteiger partial charge >= 0.3 is 6.04 Å². The third kappa shape index (κ3) is 10.4. The van der Waals surface area contributed by atoms with Crippen molar-refractivity contribution in [1.29, 1.82) is 0 Å². The highest BCUT2D eigenvalue weighted by atomic mass is 19.1. The van der Waals surface area contributed by atoms with E-state index in [2.05, 4.69) is 6.92 Å². The SMILES string of the molecule is CCCCCCCCCCCCCCOc1ccc(C(=O)F)cc1. The maximum Gasteiger partial charge on any atom is 0.332 e. The van der Waals surface area contributed by atoms with E-state index in [1.54, 1.807) is 12.1 Å². The van der Waals surface area contributed by atoms with Crippen LogP contribution in [0.25, 0.3) is 0 Å². The number of hydrogen-bond acceptors (Lipinski definition) is 2. The zero-order valence-electron chi connectivity index (χ0n) is 15.2. The van der Waals surface area contributed by atoms with Gasteiger partial charge in [0.25, 0.3) is 0 Å². The molecule has 0 unspecified atom stereocenters. The summed E-state index contributed by atoms with van der Waals surface area (Å²) >= 11 is 0. The van der Waals surface area contributed by atoms with Crippen LogP contribution in [0.5, 0.6) is 5.75 Å². The fraction of sp³-hybridized carbons (Fsp3) is 0.667. The lowest BCUT2D eigenvalue weighted by molar-refractivity contribution is 0.0836. The summed E-state index contributed by atoms with van der Waals surface area (Å²) in [6, 6.07) is 4.81. The monoisotopic (exact) mass is 336 g/mol. The van der Waals surface area contributed by atoms with Crippen LogP contribution >= 0.6 is 0 Å². The van der Waals surface area contributed by atoms with Gasteiger partial charge in [0.1, 0.15) is 5.75 Å². The highest BCUT2D eigenvalue weighted by molar-refractivity contribution is 5.88. The molecule has 0 fully saturated rings. The molecule has 3 heteroatoms.